The maximum atomic E-state index is 12.8. The van der Waals surface area contributed by atoms with Gasteiger partial charge in [-0.05, 0) is 72.4 Å². The number of rotatable bonds is 7. The van der Waals surface area contributed by atoms with Gasteiger partial charge in [0.25, 0.3) is 5.91 Å². The molecule has 0 aliphatic carbocycles. The van der Waals surface area contributed by atoms with E-state index in [9.17, 15) is 9.59 Å². The molecule has 5 rings (SSSR count). The van der Waals surface area contributed by atoms with Crippen LogP contribution in [0.5, 0.6) is 0 Å². The zero-order valence-corrected chi connectivity index (χ0v) is 21.7. The van der Waals surface area contributed by atoms with Gasteiger partial charge in [-0.25, -0.2) is 0 Å². The molecule has 2 aliphatic rings. The Bertz CT molecular complexity index is 1190. The number of thioether (sulfide) groups is 1. The molecule has 7 heteroatoms. The Morgan fingerprint density at radius 1 is 0.889 bits per heavy atom. The summed E-state index contributed by atoms with van der Waals surface area (Å²) in [6.07, 6.45) is 3.83. The number of nitrogens with one attached hydrogen (secondary N) is 1. The van der Waals surface area contributed by atoms with Crippen molar-refractivity contribution in [3.05, 3.63) is 100 Å². The summed E-state index contributed by atoms with van der Waals surface area (Å²) in [7, 11) is 0. The zero-order chi connectivity index (χ0) is 24.9. The number of halogens is 1. The van der Waals surface area contributed by atoms with Crippen LogP contribution in [0.15, 0.2) is 72.8 Å². The highest BCUT2D eigenvalue weighted by atomic mass is 35.5. The van der Waals surface area contributed by atoms with Gasteiger partial charge in [-0.3, -0.25) is 9.59 Å². The molecule has 0 bridgehead atoms. The van der Waals surface area contributed by atoms with Gasteiger partial charge in [0.15, 0.2) is 0 Å². The van der Waals surface area contributed by atoms with Crippen molar-refractivity contribution in [1.29, 1.82) is 0 Å². The van der Waals surface area contributed by atoms with E-state index in [0.29, 0.717) is 29.4 Å². The molecule has 1 atom stereocenters. The lowest BCUT2D eigenvalue weighted by Crippen LogP contribution is -2.29. The fraction of sp³-hybridized carbons (Fsp3) is 0.310. The molecule has 2 saturated heterocycles. The predicted molar refractivity (Wildman–Crippen MR) is 147 cm³/mol. The lowest BCUT2D eigenvalue weighted by molar-refractivity contribution is -0.128. The zero-order valence-electron chi connectivity index (χ0n) is 20.2. The summed E-state index contributed by atoms with van der Waals surface area (Å²) in [5.74, 6) is 0.472. The first-order valence-corrected chi connectivity index (χ1v) is 13.9. The van der Waals surface area contributed by atoms with Gasteiger partial charge in [-0.15, -0.1) is 11.8 Å². The van der Waals surface area contributed by atoms with Crippen molar-refractivity contribution in [3.63, 3.8) is 0 Å². The van der Waals surface area contributed by atoms with Crippen molar-refractivity contribution in [1.82, 2.24) is 10.2 Å². The van der Waals surface area contributed by atoms with E-state index in [4.69, 9.17) is 11.6 Å². The summed E-state index contributed by atoms with van der Waals surface area (Å²) < 4.78 is 0. The number of benzene rings is 3. The number of anilines is 1. The summed E-state index contributed by atoms with van der Waals surface area (Å²) in [6.45, 7) is 3.27. The lowest BCUT2D eigenvalue weighted by atomic mass is 10.1. The van der Waals surface area contributed by atoms with Crippen LogP contribution in [0.1, 0.15) is 51.7 Å². The van der Waals surface area contributed by atoms with E-state index in [1.54, 1.807) is 11.8 Å². The van der Waals surface area contributed by atoms with Crippen molar-refractivity contribution in [2.45, 2.75) is 37.7 Å². The second kappa shape index (κ2) is 11.4. The van der Waals surface area contributed by atoms with E-state index >= 15 is 0 Å². The van der Waals surface area contributed by atoms with Crippen LogP contribution < -0.4 is 10.2 Å². The number of hydrogen-bond acceptors (Lipinski definition) is 4. The molecule has 0 saturated carbocycles. The second-order valence-corrected chi connectivity index (χ2v) is 10.8. The first-order chi connectivity index (χ1) is 17.6. The predicted octanol–water partition coefficient (Wildman–Crippen LogP) is 6.03. The van der Waals surface area contributed by atoms with Gasteiger partial charge in [0, 0.05) is 42.5 Å². The third-order valence-corrected chi connectivity index (χ3v) is 8.31. The molecule has 186 valence electrons. The Labute approximate surface area is 221 Å². The molecular formula is C29H30ClN3O2S. The average molecular weight is 520 g/mol. The highest BCUT2D eigenvalue weighted by molar-refractivity contribution is 8.00. The molecule has 3 aromatic rings. The minimum atomic E-state index is -0.102. The number of hydrogen-bond donors (Lipinski definition) is 1. The van der Waals surface area contributed by atoms with Gasteiger partial charge in [0.2, 0.25) is 5.91 Å². The molecule has 3 aromatic carbocycles. The van der Waals surface area contributed by atoms with Crippen molar-refractivity contribution >= 4 is 40.9 Å². The molecule has 36 heavy (non-hydrogen) atoms. The standard InChI is InChI=1S/C29H30ClN3O2S/c30-25-12-4-22(5-13-25)19-33-27(34)20-36-29(33)24-10-8-23(9-11-24)28(35)31-18-21-6-14-26(15-7-21)32-16-2-1-3-17-32/h4-15,29H,1-3,16-20H2,(H,31,35)/t29-/m0/s1. The van der Waals surface area contributed by atoms with Crippen LogP contribution in [0.2, 0.25) is 5.02 Å². The molecule has 2 heterocycles. The van der Waals surface area contributed by atoms with Crippen molar-refractivity contribution in [3.8, 4) is 0 Å². The smallest absolute Gasteiger partial charge is 0.251 e. The first-order valence-electron chi connectivity index (χ1n) is 12.4. The minimum Gasteiger partial charge on any atom is -0.372 e. The van der Waals surface area contributed by atoms with Crippen LogP contribution in [-0.2, 0) is 17.9 Å². The highest BCUT2D eigenvalue weighted by Crippen LogP contribution is 2.39. The third kappa shape index (κ3) is 5.88. The van der Waals surface area contributed by atoms with Gasteiger partial charge in [0.05, 0.1) is 5.75 Å². The number of amides is 2. The Hall–Kier alpha value is -2.96. The summed E-state index contributed by atoms with van der Waals surface area (Å²) in [4.78, 5) is 29.6. The van der Waals surface area contributed by atoms with Gasteiger partial charge in [-0.1, -0.05) is 48.0 Å². The Balaban J connectivity index is 1.18. The summed E-state index contributed by atoms with van der Waals surface area (Å²) in [6, 6.07) is 23.7. The molecule has 0 aromatic heterocycles. The lowest BCUT2D eigenvalue weighted by Gasteiger charge is -2.28. The molecule has 2 aliphatic heterocycles. The molecule has 0 unspecified atom stereocenters. The third-order valence-electron chi connectivity index (χ3n) is 6.80. The fourth-order valence-corrected chi connectivity index (χ4v) is 6.06. The van der Waals surface area contributed by atoms with E-state index in [1.807, 2.05) is 53.4 Å². The van der Waals surface area contributed by atoms with Gasteiger partial charge in [-0.2, -0.15) is 0 Å². The van der Waals surface area contributed by atoms with Crippen LogP contribution in [0, 0.1) is 0 Å². The number of carbonyl (C=O) groups excluding carboxylic acids is 2. The maximum absolute atomic E-state index is 12.8. The summed E-state index contributed by atoms with van der Waals surface area (Å²) >= 11 is 7.61. The summed E-state index contributed by atoms with van der Waals surface area (Å²) in [5, 5.41) is 3.64. The largest absolute Gasteiger partial charge is 0.372 e. The summed E-state index contributed by atoms with van der Waals surface area (Å²) in [5.41, 5.74) is 5.01. The van der Waals surface area contributed by atoms with Crippen molar-refractivity contribution in [2.24, 2.45) is 0 Å². The van der Waals surface area contributed by atoms with Gasteiger partial charge in [0.1, 0.15) is 5.37 Å². The average Bonchev–Trinajstić information content (AvgIpc) is 3.29. The normalized spacial score (nSPS) is 17.9. The first kappa shape index (κ1) is 24.7. The van der Waals surface area contributed by atoms with Gasteiger partial charge < -0.3 is 15.1 Å². The monoisotopic (exact) mass is 519 g/mol. The van der Waals surface area contributed by atoms with E-state index in [1.165, 1.54) is 24.9 Å². The van der Waals surface area contributed by atoms with Crippen LogP contribution in [0.4, 0.5) is 5.69 Å². The molecule has 1 N–H and O–H groups in total. The highest BCUT2D eigenvalue weighted by Gasteiger charge is 2.32. The number of piperidine rings is 1. The molecule has 2 amide bonds. The topological polar surface area (TPSA) is 52.7 Å². The second-order valence-electron chi connectivity index (χ2n) is 9.33. The molecule has 5 nitrogen and oxygen atoms in total. The fourth-order valence-electron chi connectivity index (χ4n) is 4.75. The van der Waals surface area contributed by atoms with Crippen LogP contribution in [-0.4, -0.2) is 35.6 Å². The Kier molecular flexibility index (Phi) is 7.83. The van der Waals surface area contributed by atoms with Crippen LogP contribution in [0.3, 0.4) is 0 Å². The molecule has 0 radical (unpaired) electrons. The quantitative estimate of drug-likeness (QED) is 0.414. The van der Waals surface area contributed by atoms with Crippen LogP contribution in [0.25, 0.3) is 0 Å². The number of nitrogens with zero attached hydrogens (tertiary/aromatic N) is 2. The van der Waals surface area contributed by atoms with E-state index in [-0.39, 0.29) is 17.2 Å². The van der Waals surface area contributed by atoms with E-state index < -0.39 is 0 Å². The van der Waals surface area contributed by atoms with Crippen molar-refractivity contribution in [2.75, 3.05) is 23.7 Å². The van der Waals surface area contributed by atoms with E-state index in [0.717, 1.165) is 29.8 Å². The minimum absolute atomic E-state index is 0.0660. The van der Waals surface area contributed by atoms with E-state index in [2.05, 4.69) is 34.5 Å². The SMILES string of the molecule is O=C(NCc1ccc(N2CCCCC2)cc1)c1ccc([C@@H]2SCC(=O)N2Cc2ccc(Cl)cc2)cc1. The molecule has 0 spiro atoms. The number of carbonyl (C=O) groups is 2. The van der Waals surface area contributed by atoms with Gasteiger partial charge >= 0.3 is 0 Å². The Morgan fingerprint density at radius 2 is 1.56 bits per heavy atom. The molecular weight excluding hydrogens is 490 g/mol. The molecule has 2 fully saturated rings. The maximum Gasteiger partial charge on any atom is 0.251 e. The van der Waals surface area contributed by atoms with Crippen LogP contribution >= 0.6 is 23.4 Å². The Morgan fingerprint density at radius 3 is 2.25 bits per heavy atom. The van der Waals surface area contributed by atoms with Crippen molar-refractivity contribution < 1.29 is 9.59 Å².